The van der Waals surface area contributed by atoms with Gasteiger partial charge in [-0.05, 0) is 24.3 Å². The number of methoxy groups -OCH3 is 2. The number of ether oxygens (including phenoxy) is 2. The van der Waals surface area contributed by atoms with Gasteiger partial charge in [-0.25, -0.2) is 0 Å². The molecular formula is C21H18Cl2N2O4. The first-order valence-corrected chi connectivity index (χ1v) is 9.32. The van der Waals surface area contributed by atoms with Crippen LogP contribution in [0.25, 0.3) is 5.57 Å². The minimum atomic E-state index is -0.492. The normalized spacial score (nSPS) is 13.7. The third-order valence-corrected chi connectivity index (χ3v) is 4.90. The van der Waals surface area contributed by atoms with Gasteiger partial charge in [-0.2, -0.15) is 0 Å². The Bertz CT molecular complexity index is 1030. The maximum Gasteiger partial charge on any atom is 0.278 e. The van der Waals surface area contributed by atoms with Crippen LogP contribution in [0.3, 0.4) is 0 Å². The zero-order chi connectivity index (χ0) is 21.1. The third-order valence-electron chi connectivity index (χ3n) is 4.35. The number of nitrogens with one attached hydrogen (secondary N) is 1. The molecule has 2 amide bonds. The standard InChI is InChI=1S/C21H18Cl2N2O4/c1-4-9-25-20(26)18(14-7-5-12(22)10-15(14)23)19(21(25)27)24-16-8-6-13(28-2)11-17(16)29-3/h4-8,10-11,24H,1,9H2,2-3H3. The molecule has 0 fully saturated rings. The van der Waals surface area contributed by atoms with Crippen LogP contribution in [0.1, 0.15) is 5.56 Å². The lowest BCUT2D eigenvalue weighted by atomic mass is 10.0. The number of nitrogens with zero attached hydrogens (tertiary/aromatic N) is 1. The largest absolute Gasteiger partial charge is 0.497 e. The molecule has 150 valence electrons. The van der Waals surface area contributed by atoms with Crippen LogP contribution in [0.2, 0.25) is 10.0 Å². The summed E-state index contributed by atoms with van der Waals surface area (Å²) >= 11 is 12.3. The van der Waals surface area contributed by atoms with Gasteiger partial charge in [0.15, 0.2) is 0 Å². The van der Waals surface area contributed by atoms with E-state index in [1.54, 1.807) is 30.3 Å². The minimum Gasteiger partial charge on any atom is -0.497 e. The molecule has 1 aliphatic rings. The number of benzene rings is 2. The number of carbonyl (C=O) groups is 2. The van der Waals surface area contributed by atoms with Gasteiger partial charge in [0, 0.05) is 23.2 Å². The third kappa shape index (κ3) is 3.95. The molecule has 0 saturated carbocycles. The Morgan fingerprint density at radius 3 is 2.45 bits per heavy atom. The van der Waals surface area contributed by atoms with E-state index in [2.05, 4.69) is 11.9 Å². The second-order valence-electron chi connectivity index (χ2n) is 6.07. The van der Waals surface area contributed by atoms with Gasteiger partial charge < -0.3 is 14.8 Å². The minimum absolute atomic E-state index is 0.0668. The van der Waals surface area contributed by atoms with E-state index >= 15 is 0 Å². The molecule has 0 saturated heterocycles. The molecule has 1 N–H and O–H groups in total. The quantitative estimate of drug-likeness (QED) is 0.518. The summed E-state index contributed by atoms with van der Waals surface area (Å²) in [7, 11) is 3.04. The summed E-state index contributed by atoms with van der Waals surface area (Å²) in [5.74, 6) is 0.0631. The van der Waals surface area contributed by atoms with Crippen molar-refractivity contribution in [2.24, 2.45) is 0 Å². The predicted octanol–water partition coefficient (Wildman–Crippen LogP) is 4.39. The van der Waals surface area contributed by atoms with Crippen molar-refractivity contribution < 1.29 is 19.1 Å². The highest BCUT2D eigenvalue weighted by atomic mass is 35.5. The van der Waals surface area contributed by atoms with Crippen LogP contribution in [-0.2, 0) is 9.59 Å². The summed E-state index contributed by atoms with van der Waals surface area (Å²) in [6, 6.07) is 9.80. The first-order chi connectivity index (χ1) is 13.9. The second kappa shape index (κ2) is 8.59. The number of amides is 2. The van der Waals surface area contributed by atoms with Gasteiger partial charge in [0.2, 0.25) is 0 Å². The fourth-order valence-electron chi connectivity index (χ4n) is 2.97. The molecule has 6 nitrogen and oxygen atoms in total. The summed E-state index contributed by atoms with van der Waals surface area (Å²) in [5, 5.41) is 3.71. The van der Waals surface area contributed by atoms with E-state index in [-0.39, 0.29) is 22.8 Å². The number of hydrogen-bond acceptors (Lipinski definition) is 5. The topological polar surface area (TPSA) is 67.9 Å². The second-order valence-corrected chi connectivity index (χ2v) is 6.92. The molecular weight excluding hydrogens is 415 g/mol. The van der Waals surface area contributed by atoms with E-state index in [9.17, 15) is 9.59 Å². The predicted molar refractivity (Wildman–Crippen MR) is 113 cm³/mol. The van der Waals surface area contributed by atoms with E-state index in [0.717, 1.165) is 4.90 Å². The Labute approximate surface area is 178 Å². The van der Waals surface area contributed by atoms with E-state index in [1.165, 1.54) is 26.4 Å². The maximum atomic E-state index is 13.0. The summed E-state index contributed by atoms with van der Waals surface area (Å²) < 4.78 is 10.6. The van der Waals surface area contributed by atoms with E-state index in [1.807, 2.05) is 0 Å². The summed E-state index contributed by atoms with van der Waals surface area (Å²) in [5.41, 5.74) is 1.13. The monoisotopic (exact) mass is 432 g/mol. The van der Waals surface area contributed by atoms with Crippen LogP contribution in [0.5, 0.6) is 11.5 Å². The zero-order valence-corrected chi connectivity index (χ0v) is 17.3. The summed E-state index contributed by atoms with van der Waals surface area (Å²) in [4.78, 5) is 27.1. The highest BCUT2D eigenvalue weighted by molar-refractivity contribution is 6.41. The zero-order valence-electron chi connectivity index (χ0n) is 15.8. The Hall–Kier alpha value is -2.96. The molecule has 0 aliphatic carbocycles. The Kier molecular flexibility index (Phi) is 6.15. The molecule has 3 rings (SSSR count). The number of hydrogen-bond donors (Lipinski definition) is 1. The maximum absolute atomic E-state index is 13.0. The Balaban J connectivity index is 2.14. The highest BCUT2D eigenvalue weighted by Gasteiger charge is 2.39. The van der Waals surface area contributed by atoms with Crippen molar-refractivity contribution in [3.05, 3.63) is 70.4 Å². The van der Waals surface area contributed by atoms with Gasteiger partial charge in [-0.15, -0.1) is 6.58 Å². The van der Waals surface area contributed by atoms with Crippen LogP contribution in [-0.4, -0.2) is 37.5 Å². The van der Waals surface area contributed by atoms with Crippen LogP contribution in [0, 0.1) is 0 Å². The van der Waals surface area contributed by atoms with Gasteiger partial charge in [-0.3, -0.25) is 14.5 Å². The van der Waals surface area contributed by atoms with Crippen molar-refractivity contribution in [2.75, 3.05) is 26.1 Å². The smallest absolute Gasteiger partial charge is 0.278 e. The fourth-order valence-corrected chi connectivity index (χ4v) is 3.47. The van der Waals surface area contributed by atoms with Crippen molar-refractivity contribution in [3.63, 3.8) is 0 Å². The van der Waals surface area contributed by atoms with E-state index < -0.39 is 11.8 Å². The van der Waals surface area contributed by atoms with Gasteiger partial charge in [0.25, 0.3) is 11.8 Å². The van der Waals surface area contributed by atoms with E-state index in [4.69, 9.17) is 32.7 Å². The van der Waals surface area contributed by atoms with Crippen LogP contribution < -0.4 is 14.8 Å². The molecule has 2 aromatic rings. The lowest BCUT2D eigenvalue weighted by Crippen LogP contribution is -2.32. The van der Waals surface area contributed by atoms with Crippen molar-refractivity contribution in [3.8, 4) is 11.5 Å². The highest BCUT2D eigenvalue weighted by Crippen LogP contribution is 2.37. The summed E-state index contributed by atoms with van der Waals surface area (Å²) in [6.07, 6.45) is 1.48. The first kappa shape index (κ1) is 20.8. The number of carbonyl (C=O) groups excluding carboxylic acids is 2. The van der Waals surface area contributed by atoms with Crippen LogP contribution in [0.15, 0.2) is 54.8 Å². The molecule has 0 radical (unpaired) electrons. The van der Waals surface area contributed by atoms with Crippen molar-refractivity contribution in [2.45, 2.75) is 0 Å². The van der Waals surface area contributed by atoms with Crippen LogP contribution >= 0.6 is 23.2 Å². The molecule has 2 aromatic carbocycles. The average molecular weight is 433 g/mol. The molecule has 0 bridgehead atoms. The van der Waals surface area contributed by atoms with E-state index in [0.29, 0.717) is 27.8 Å². The SMILES string of the molecule is C=CCN1C(=O)C(Nc2ccc(OC)cc2OC)=C(c2ccc(Cl)cc2Cl)C1=O. The summed E-state index contributed by atoms with van der Waals surface area (Å²) in [6.45, 7) is 3.68. The molecule has 1 heterocycles. The van der Waals surface area contributed by atoms with Crippen molar-refractivity contribution in [1.29, 1.82) is 0 Å². The lowest BCUT2D eigenvalue weighted by Gasteiger charge is -2.14. The van der Waals surface area contributed by atoms with Gasteiger partial charge in [0.05, 0.1) is 30.5 Å². The van der Waals surface area contributed by atoms with Gasteiger partial charge >= 0.3 is 0 Å². The van der Waals surface area contributed by atoms with Crippen molar-refractivity contribution in [1.82, 2.24) is 4.90 Å². The number of rotatable bonds is 7. The first-order valence-electron chi connectivity index (χ1n) is 8.57. The molecule has 0 atom stereocenters. The number of anilines is 1. The molecule has 0 unspecified atom stereocenters. The Morgan fingerprint density at radius 2 is 1.83 bits per heavy atom. The molecule has 0 aromatic heterocycles. The fraction of sp³-hybridized carbons (Fsp3) is 0.143. The number of halogens is 2. The molecule has 8 heteroatoms. The van der Waals surface area contributed by atoms with Gasteiger partial charge in [0.1, 0.15) is 17.2 Å². The van der Waals surface area contributed by atoms with Crippen molar-refractivity contribution >= 4 is 46.3 Å². The van der Waals surface area contributed by atoms with Crippen LogP contribution in [0.4, 0.5) is 5.69 Å². The number of imide groups is 1. The molecule has 29 heavy (non-hydrogen) atoms. The Morgan fingerprint density at radius 1 is 1.07 bits per heavy atom. The average Bonchev–Trinajstić information content (AvgIpc) is 2.93. The van der Waals surface area contributed by atoms with Gasteiger partial charge in [-0.1, -0.05) is 35.3 Å². The lowest BCUT2D eigenvalue weighted by molar-refractivity contribution is -0.136. The molecule has 0 spiro atoms. The molecule has 1 aliphatic heterocycles.